The molecule has 0 heterocycles. The van der Waals surface area contributed by atoms with Crippen LogP contribution < -0.4 is 14.4 Å². The third kappa shape index (κ3) is 4.49. The Labute approximate surface area is 143 Å². The van der Waals surface area contributed by atoms with Gasteiger partial charge in [-0.2, -0.15) is 0 Å². The molecule has 0 radical (unpaired) electrons. The van der Waals surface area contributed by atoms with Crippen LogP contribution in [0, 0.1) is 0 Å². The number of benzene rings is 2. The van der Waals surface area contributed by atoms with E-state index in [4.69, 9.17) is 9.47 Å². The molecule has 2 N–H and O–H groups in total. The number of ether oxygens (including phenoxy) is 2. The molecule has 0 fully saturated rings. The second-order valence-corrected chi connectivity index (χ2v) is 5.83. The van der Waals surface area contributed by atoms with Crippen molar-refractivity contribution in [3.63, 3.8) is 0 Å². The zero-order chi connectivity index (χ0) is 17.5. The van der Waals surface area contributed by atoms with Crippen molar-refractivity contribution < 1.29 is 19.5 Å². The van der Waals surface area contributed by atoms with Gasteiger partial charge in [-0.15, -0.1) is 0 Å². The van der Waals surface area contributed by atoms with Gasteiger partial charge in [-0.25, -0.2) is 0 Å². The van der Waals surface area contributed by atoms with E-state index in [1.54, 1.807) is 38.6 Å². The number of hydrogen-bond acceptors (Lipinski definition) is 4. The van der Waals surface area contributed by atoms with Gasteiger partial charge in [0.25, 0.3) is 0 Å². The molecule has 5 nitrogen and oxygen atoms in total. The van der Waals surface area contributed by atoms with Crippen LogP contribution in [0.15, 0.2) is 47.5 Å². The summed E-state index contributed by atoms with van der Waals surface area (Å²) in [6.45, 7) is 0.603. The summed E-state index contributed by atoms with van der Waals surface area (Å²) in [7, 11) is 7.47. The number of phenolic OH excluding ortho intramolecular Hbond substituents is 1. The highest BCUT2D eigenvalue weighted by Gasteiger charge is 2.17. The quantitative estimate of drug-likeness (QED) is 0.761. The highest BCUT2D eigenvalue weighted by molar-refractivity contribution is 5.84. The van der Waals surface area contributed by atoms with Crippen molar-refractivity contribution in [1.82, 2.24) is 0 Å². The first-order valence-electron chi connectivity index (χ1n) is 7.86. The maximum absolute atomic E-state index is 9.92. The molecule has 0 aliphatic rings. The van der Waals surface area contributed by atoms with Crippen LogP contribution >= 0.6 is 0 Å². The van der Waals surface area contributed by atoms with Crippen LogP contribution in [0.4, 0.5) is 0 Å². The highest BCUT2D eigenvalue weighted by Crippen LogP contribution is 2.21. The van der Waals surface area contributed by atoms with Gasteiger partial charge in [0.2, 0.25) is 0 Å². The van der Waals surface area contributed by atoms with Gasteiger partial charge in [0.15, 0.2) is 0 Å². The summed E-state index contributed by atoms with van der Waals surface area (Å²) in [6.07, 6.45) is 1.69. The Hall–Kier alpha value is -2.53. The van der Waals surface area contributed by atoms with Gasteiger partial charge in [-0.05, 0) is 30.3 Å². The summed E-state index contributed by atoms with van der Waals surface area (Å²) in [6, 6.07) is 13.3. The van der Waals surface area contributed by atoms with E-state index in [2.05, 4.69) is 25.2 Å². The maximum atomic E-state index is 9.92. The Bertz CT molecular complexity index is 699. The summed E-state index contributed by atoms with van der Waals surface area (Å²) in [5, 5.41) is 9.92. The molecule has 2 aromatic rings. The minimum absolute atomic E-state index is 0.190. The van der Waals surface area contributed by atoms with E-state index in [0.29, 0.717) is 17.9 Å². The Morgan fingerprint density at radius 2 is 1.79 bits per heavy atom. The van der Waals surface area contributed by atoms with Crippen LogP contribution in [0.5, 0.6) is 17.2 Å². The van der Waals surface area contributed by atoms with Crippen molar-refractivity contribution in [2.75, 3.05) is 34.9 Å². The van der Waals surface area contributed by atoms with E-state index in [0.717, 1.165) is 5.75 Å². The van der Waals surface area contributed by atoms with Crippen LogP contribution in [-0.2, 0) is 0 Å². The second kappa shape index (κ2) is 8.36. The Balaban J connectivity index is 2.17. The first-order chi connectivity index (χ1) is 11.5. The summed E-state index contributed by atoms with van der Waals surface area (Å²) >= 11 is 0. The van der Waals surface area contributed by atoms with Gasteiger partial charge in [-0.3, -0.25) is 4.99 Å². The predicted octanol–water partition coefficient (Wildman–Crippen LogP) is 1.71. The van der Waals surface area contributed by atoms with E-state index >= 15 is 0 Å². The predicted molar refractivity (Wildman–Crippen MR) is 95.7 cm³/mol. The standard InChI is InChI=1S/C19H24N2O3/c1-21(2)18(14-6-5-7-16(10-14)23-3)13-20-12-15-11-17(24-4)8-9-19(15)22/h5-12,18,22H,13H2,1-4H3/p+1/t18-/m1/s1. The first-order valence-corrected chi connectivity index (χ1v) is 7.86. The molecule has 24 heavy (non-hydrogen) atoms. The number of aromatic hydroxyl groups is 1. The number of aliphatic imine (C=N–C) groups is 1. The van der Waals surface area contributed by atoms with Gasteiger partial charge < -0.3 is 19.5 Å². The smallest absolute Gasteiger partial charge is 0.133 e. The van der Waals surface area contributed by atoms with E-state index in [9.17, 15) is 5.11 Å². The normalized spacial score (nSPS) is 12.5. The molecule has 2 aromatic carbocycles. The molecule has 0 unspecified atom stereocenters. The number of methoxy groups -OCH3 is 2. The lowest BCUT2D eigenvalue weighted by Gasteiger charge is -2.20. The fourth-order valence-corrected chi connectivity index (χ4v) is 2.50. The van der Waals surface area contributed by atoms with Gasteiger partial charge in [-0.1, -0.05) is 12.1 Å². The number of quaternary nitrogens is 1. The van der Waals surface area contributed by atoms with Crippen molar-refractivity contribution in [2.24, 2.45) is 4.99 Å². The number of nitrogens with one attached hydrogen (secondary N) is 1. The summed E-state index contributed by atoms with van der Waals surface area (Å²) in [5.74, 6) is 1.72. The lowest BCUT2D eigenvalue weighted by molar-refractivity contribution is -0.890. The zero-order valence-corrected chi connectivity index (χ0v) is 14.6. The molecule has 0 amide bonds. The number of likely N-dealkylation sites (N-methyl/N-ethyl adjacent to an activating group) is 1. The minimum atomic E-state index is 0.190. The number of rotatable bonds is 7. The SMILES string of the molecule is COc1cccc([C@@H](CN=Cc2cc(OC)ccc2O)[NH+](C)C)c1. The van der Waals surface area contributed by atoms with Crippen molar-refractivity contribution in [2.45, 2.75) is 6.04 Å². The zero-order valence-electron chi connectivity index (χ0n) is 14.6. The van der Waals surface area contributed by atoms with E-state index in [1.165, 1.54) is 10.5 Å². The number of nitrogens with zero attached hydrogens (tertiary/aromatic N) is 1. The molecule has 0 saturated carbocycles. The molecule has 1 atom stereocenters. The summed E-state index contributed by atoms with van der Waals surface area (Å²) < 4.78 is 10.5. The second-order valence-electron chi connectivity index (χ2n) is 5.83. The molecule has 0 bridgehead atoms. The topological polar surface area (TPSA) is 55.5 Å². The third-order valence-electron chi connectivity index (χ3n) is 3.95. The average Bonchev–Trinajstić information content (AvgIpc) is 2.59. The van der Waals surface area contributed by atoms with Crippen LogP contribution in [0.25, 0.3) is 0 Å². The fraction of sp³-hybridized carbons (Fsp3) is 0.316. The molecule has 2 rings (SSSR count). The molecule has 5 heteroatoms. The summed E-state index contributed by atoms with van der Waals surface area (Å²) in [5.41, 5.74) is 1.81. The van der Waals surface area contributed by atoms with Gasteiger partial charge in [0.1, 0.15) is 23.3 Å². The first kappa shape index (κ1) is 17.8. The Kier molecular flexibility index (Phi) is 6.21. The van der Waals surface area contributed by atoms with Gasteiger partial charge in [0, 0.05) is 17.3 Å². The molecular formula is C19H25N2O3+. The average molecular weight is 329 g/mol. The summed E-state index contributed by atoms with van der Waals surface area (Å²) in [4.78, 5) is 5.80. The Morgan fingerprint density at radius 3 is 2.46 bits per heavy atom. The monoisotopic (exact) mass is 329 g/mol. The van der Waals surface area contributed by atoms with Crippen LogP contribution in [0.3, 0.4) is 0 Å². The van der Waals surface area contributed by atoms with E-state index < -0.39 is 0 Å². The molecule has 0 aliphatic heterocycles. The van der Waals surface area contributed by atoms with E-state index in [-0.39, 0.29) is 11.8 Å². The van der Waals surface area contributed by atoms with Gasteiger partial charge in [0.05, 0.1) is 34.9 Å². The molecule has 0 saturated heterocycles. The maximum Gasteiger partial charge on any atom is 0.133 e. The number of phenols is 1. The third-order valence-corrected chi connectivity index (χ3v) is 3.95. The molecular weight excluding hydrogens is 304 g/mol. The lowest BCUT2D eigenvalue weighted by atomic mass is 10.1. The van der Waals surface area contributed by atoms with E-state index in [1.807, 2.05) is 18.2 Å². The highest BCUT2D eigenvalue weighted by atomic mass is 16.5. The molecule has 0 aromatic heterocycles. The molecule has 0 aliphatic carbocycles. The number of hydrogen-bond donors (Lipinski definition) is 2. The van der Waals surface area contributed by atoms with Crippen LogP contribution in [-0.4, -0.2) is 46.2 Å². The van der Waals surface area contributed by atoms with Crippen molar-refractivity contribution in [3.05, 3.63) is 53.6 Å². The lowest BCUT2D eigenvalue weighted by Crippen LogP contribution is -3.06. The van der Waals surface area contributed by atoms with Crippen molar-refractivity contribution >= 4 is 6.21 Å². The molecule has 128 valence electrons. The van der Waals surface area contributed by atoms with Crippen LogP contribution in [0.1, 0.15) is 17.2 Å². The van der Waals surface area contributed by atoms with Crippen molar-refractivity contribution in [3.8, 4) is 17.2 Å². The minimum Gasteiger partial charge on any atom is -0.507 e. The van der Waals surface area contributed by atoms with Gasteiger partial charge >= 0.3 is 0 Å². The molecule has 0 spiro atoms. The largest absolute Gasteiger partial charge is 0.507 e. The van der Waals surface area contributed by atoms with Crippen LogP contribution in [0.2, 0.25) is 0 Å². The van der Waals surface area contributed by atoms with Crippen molar-refractivity contribution in [1.29, 1.82) is 0 Å². The fourth-order valence-electron chi connectivity index (χ4n) is 2.50. The Morgan fingerprint density at radius 1 is 1.08 bits per heavy atom.